The van der Waals surface area contributed by atoms with E-state index in [1.165, 1.54) is 37.2 Å². The van der Waals surface area contributed by atoms with Gasteiger partial charge < -0.3 is 15.5 Å². The molecule has 0 aromatic rings. The van der Waals surface area contributed by atoms with Gasteiger partial charge in [0.25, 0.3) is 0 Å². The highest BCUT2D eigenvalue weighted by atomic mass is 32.2. The third-order valence-corrected chi connectivity index (χ3v) is 5.83. The van der Waals surface area contributed by atoms with Crippen molar-refractivity contribution in [2.75, 3.05) is 45.2 Å². The summed E-state index contributed by atoms with van der Waals surface area (Å²) in [7, 11) is 4.39. The predicted octanol–water partition coefficient (Wildman–Crippen LogP) is 1.86. The lowest BCUT2D eigenvalue weighted by molar-refractivity contribution is 0.0843. The minimum Gasteiger partial charge on any atom is -0.370 e. The van der Waals surface area contributed by atoms with Crippen LogP contribution in [-0.2, 0) is 0 Å². The van der Waals surface area contributed by atoms with Crippen LogP contribution in [0.4, 0.5) is 0 Å². The highest BCUT2D eigenvalue weighted by Crippen LogP contribution is 2.35. The second-order valence-corrected chi connectivity index (χ2v) is 7.82. The van der Waals surface area contributed by atoms with Gasteiger partial charge in [-0.25, -0.2) is 0 Å². The molecule has 4 nitrogen and oxygen atoms in total. The maximum atomic E-state index is 6.21. The van der Waals surface area contributed by atoms with Crippen LogP contribution in [0.3, 0.4) is 0 Å². The van der Waals surface area contributed by atoms with Crippen LogP contribution >= 0.6 is 11.8 Å². The van der Waals surface area contributed by atoms with E-state index in [0.717, 1.165) is 31.5 Å². The van der Waals surface area contributed by atoms with Crippen LogP contribution < -0.4 is 5.73 Å². The summed E-state index contributed by atoms with van der Waals surface area (Å²) >= 11 is 2.01. The molecule has 2 aliphatic rings. The molecule has 2 N–H and O–H groups in total. The summed E-state index contributed by atoms with van der Waals surface area (Å²) in [6, 6.07) is 0. The Hall–Kier alpha value is -0.420. The number of guanidine groups is 1. The van der Waals surface area contributed by atoms with E-state index in [0.29, 0.717) is 0 Å². The third kappa shape index (κ3) is 3.82. The number of likely N-dealkylation sites (N-methyl/N-ethyl adjacent to an activating group) is 1. The van der Waals surface area contributed by atoms with Gasteiger partial charge in [-0.3, -0.25) is 4.99 Å². The van der Waals surface area contributed by atoms with Gasteiger partial charge in [0.15, 0.2) is 5.96 Å². The lowest BCUT2D eigenvalue weighted by atomic mass is 9.75. The monoisotopic (exact) mass is 298 g/mol. The number of rotatable bonds is 3. The Balaban J connectivity index is 2.00. The van der Waals surface area contributed by atoms with E-state index in [-0.39, 0.29) is 5.54 Å². The molecule has 0 spiro atoms. The van der Waals surface area contributed by atoms with E-state index >= 15 is 0 Å². The van der Waals surface area contributed by atoms with Gasteiger partial charge in [-0.1, -0.05) is 19.8 Å². The van der Waals surface area contributed by atoms with E-state index in [2.05, 4.69) is 30.8 Å². The van der Waals surface area contributed by atoms with Crippen molar-refractivity contribution < 1.29 is 0 Å². The number of hydrogen-bond acceptors (Lipinski definition) is 3. The first-order valence-electron chi connectivity index (χ1n) is 7.83. The number of hydrogen-bond donors (Lipinski definition) is 1. The second-order valence-electron chi connectivity index (χ2n) is 6.59. The molecule has 0 bridgehead atoms. The van der Waals surface area contributed by atoms with Crippen molar-refractivity contribution in [3.05, 3.63) is 0 Å². The maximum absolute atomic E-state index is 6.21. The standard InChI is InChI=1S/C15H30N4S/c1-13-5-4-6-15(11-13,18(2)3)12-17-14(16)19-7-9-20-10-8-19/h13H,4-12H2,1-3H3,(H2,16,17). The highest BCUT2D eigenvalue weighted by molar-refractivity contribution is 7.99. The number of nitrogens with zero attached hydrogens (tertiary/aromatic N) is 3. The molecule has 2 rings (SSSR count). The van der Waals surface area contributed by atoms with Crippen molar-refractivity contribution in [1.29, 1.82) is 0 Å². The molecule has 1 aliphatic carbocycles. The van der Waals surface area contributed by atoms with Crippen molar-refractivity contribution in [3.63, 3.8) is 0 Å². The Morgan fingerprint density at radius 1 is 1.40 bits per heavy atom. The molecule has 2 fully saturated rings. The van der Waals surface area contributed by atoms with Crippen LogP contribution in [-0.4, -0.2) is 66.5 Å². The number of thioether (sulfide) groups is 1. The molecule has 0 amide bonds. The third-order valence-electron chi connectivity index (χ3n) is 4.89. The van der Waals surface area contributed by atoms with E-state index in [1.54, 1.807) is 0 Å². The predicted molar refractivity (Wildman–Crippen MR) is 89.4 cm³/mol. The Labute approximate surface area is 128 Å². The van der Waals surface area contributed by atoms with E-state index in [1.807, 2.05) is 11.8 Å². The second kappa shape index (κ2) is 7.03. The van der Waals surface area contributed by atoms with Crippen molar-refractivity contribution in [1.82, 2.24) is 9.80 Å². The summed E-state index contributed by atoms with van der Waals surface area (Å²) in [5, 5.41) is 0. The van der Waals surface area contributed by atoms with Gasteiger partial charge in [0.05, 0.1) is 6.54 Å². The van der Waals surface area contributed by atoms with Gasteiger partial charge in [-0.2, -0.15) is 11.8 Å². The number of nitrogens with two attached hydrogens (primary N) is 1. The van der Waals surface area contributed by atoms with Gasteiger partial charge >= 0.3 is 0 Å². The Bertz CT molecular complexity index is 339. The Morgan fingerprint density at radius 2 is 2.10 bits per heavy atom. The fraction of sp³-hybridized carbons (Fsp3) is 0.933. The zero-order valence-electron chi connectivity index (χ0n) is 13.3. The normalized spacial score (nSPS) is 32.7. The average molecular weight is 299 g/mol. The van der Waals surface area contributed by atoms with E-state index < -0.39 is 0 Å². The SMILES string of the molecule is CC1CCCC(CN=C(N)N2CCSCC2)(N(C)C)C1. The van der Waals surface area contributed by atoms with Crippen LogP contribution in [0.25, 0.3) is 0 Å². The molecule has 20 heavy (non-hydrogen) atoms. The molecule has 1 saturated carbocycles. The molecular formula is C15H30N4S. The van der Waals surface area contributed by atoms with Gasteiger partial charge in [-0.05, 0) is 32.9 Å². The lowest BCUT2D eigenvalue weighted by Gasteiger charge is -2.44. The molecule has 1 heterocycles. The first-order valence-corrected chi connectivity index (χ1v) is 8.99. The van der Waals surface area contributed by atoms with Crippen molar-refractivity contribution >= 4 is 17.7 Å². The summed E-state index contributed by atoms with van der Waals surface area (Å²) in [4.78, 5) is 9.39. The molecule has 2 atom stereocenters. The van der Waals surface area contributed by atoms with Gasteiger partial charge in [0, 0.05) is 30.1 Å². The summed E-state index contributed by atoms with van der Waals surface area (Å²) in [5.74, 6) is 3.90. The highest BCUT2D eigenvalue weighted by Gasteiger charge is 2.36. The number of aliphatic imine (C=N–C) groups is 1. The van der Waals surface area contributed by atoms with Crippen LogP contribution in [0.2, 0.25) is 0 Å². The minimum atomic E-state index is 0.215. The van der Waals surface area contributed by atoms with Crippen LogP contribution in [0.5, 0.6) is 0 Å². The smallest absolute Gasteiger partial charge is 0.191 e. The summed E-state index contributed by atoms with van der Waals surface area (Å²) < 4.78 is 0. The Morgan fingerprint density at radius 3 is 2.70 bits per heavy atom. The molecule has 0 radical (unpaired) electrons. The topological polar surface area (TPSA) is 44.9 Å². The molecule has 2 unspecified atom stereocenters. The van der Waals surface area contributed by atoms with Crippen LogP contribution in [0, 0.1) is 5.92 Å². The van der Waals surface area contributed by atoms with E-state index in [9.17, 15) is 0 Å². The van der Waals surface area contributed by atoms with Crippen molar-refractivity contribution in [2.24, 2.45) is 16.6 Å². The first-order chi connectivity index (χ1) is 9.53. The van der Waals surface area contributed by atoms with Crippen LogP contribution in [0.1, 0.15) is 32.6 Å². The summed E-state index contributed by atoms with van der Waals surface area (Å²) in [6.45, 7) is 5.31. The largest absolute Gasteiger partial charge is 0.370 e. The molecule has 5 heteroatoms. The van der Waals surface area contributed by atoms with E-state index in [4.69, 9.17) is 10.7 Å². The molecule has 0 aromatic carbocycles. The van der Waals surface area contributed by atoms with Gasteiger partial charge in [-0.15, -0.1) is 0 Å². The lowest BCUT2D eigenvalue weighted by Crippen LogP contribution is -2.51. The molecule has 1 saturated heterocycles. The summed E-state index contributed by atoms with van der Waals surface area (Å²) in [5.41, 5.74) is 6.42. The first kappa shape index (κ1) is 16.0. The zero-order valence-corrected chi connectivity index (χ0v) is 14.1. The van der Waals surface area contributed by atoms with Crippen molar-refractivity contribution in [3.8, 4) is 0 Å². The molecule has 116 valence electrons. The Kier molecular flexibility index (Phi) is 5.61. The van der Waals surface area contributed by atoms with Crippen LogP contribution in [0.15, 0.2) is 4.99 Å². The molecular weight excluding hydrogens is 268 g/mol. The fourth-order valence-corrected chi connectivity index (χ4v) is 4.35. The fourth-order valence-electron chi connectivity index (χ4n) is 3.44. The summed E-state index contributed by atoms with van der Waals surface area (Å²) in [6.07, 6.45) is 5.16. The average Bonchev–Trinajstić information content (AvgIpc) is 2.45. The van der Waals surface area contributed by atoms with Gasteiger partial charge in [0.2, 0.25) is 0 Å². The maximum Gasteiger partial charge on any atom is 0.191 e. The molecule has 1 aliphatic heterocycles. The quantitative estimate of drug-likeness (QED) is 0.638. The minimum absolute atomic E-state index is 0.215. The van der Waals surface area contributed by atoms with Crippen molar-refractivity contribution in [2.45, 2.75) is 38.1 Å². The zero-order chi connectivity index (χ0) is 14.6. The molecule has 0 aromatic heterocycles. The van der Waals surface area contributed by atoms with Gasteiger partial charge in [0.1, 0.15) is 0 Å².